The number of rotatable bonds is 3. The Morgan fingerprint density at radius 3 is 2.35 bits per heavy atom. The highest BCUT2D eigenvalue weighted by Crippen LogP contribution is 2.27. The minimum absolute atomic E-state index is 0.0747. The standard InChI is InChI=1S/C14H26N2O3S/c1-10(2)12-8-16(9-13(12)15)14(17)7-11-3-5-20(18,19)6-4-11/h10-13H,3-9,15H2,1-2H3/t12-,13+/m0/s1. The molecule has 2 saturated heterocycles. The van der Waals surface area contributed by atoms with Crippen LogP contribution in [0, 0.1) is 17.8 Å². The molecule has 2 N–H and O–H groups in total. The van der Waals surface area contributed by atoms with Gasteiger partial charge < -0.3 is 10.6 Å². The van der Waals surface area contributed by atoms with E-state index in [2.05, 4.69) is 13.8 Å². The predicted octanol–water partition coefficient (Wildman–Crippen LogP) is 0.643. The molecular formula is C14H26N2O3S. The number of sulfone groups is 1. The second-order valence-corrected chi connectivity index (χ2v) is 8.97. The van der Waals surface area contributed by atoms with E-state index in [1.54, 1.807) is 0 Å². The zero-order valence-electron chi connectivity index (χ0n) is 12.4. The molecule has 5 nitrogen and oxygen atoms in total. The highest BCUT2D eigenvalue weighted by molar-refractivity contribution is 7.91. The maximum absolute atomic E-state index is 12.3. The number of likely N-dealkylation sites (tertiary alicyclic amines) is 1. The molecule has 0 bridgehead atoms. The third-order valence-corrected chi connectivity index (χ3v) is 6.47. The number of nitrogens with two attached hydrogens (primary N) is 1. The summed E-state index contributed by atoms with van der Waals surface area (Å²) in [5.41, 5.74) is 6.10. The number of amides is 1. The van der Waals surface area contributed by atoms with Gasteiger partial charge in [-0.05, 0) is 30.6 Å². The van der Waals surface area contributed by atoms with E-state index in [1.807, 2.05) is 4.90 Å². The Kier molecular flexibility index (Phi) is 4.74. The van der Waals surface area contributed by atoms with Gasteiger partial charge in [0.15, 0.2) is 0 Å². The maximum atomic E-state index is 12.3. The first-order valence-electron chi connectivity index (χ1n) is 7.52. The summed E-state index contributed by atoms with van der Waals surface area (Å²) in [5.74, 6) is 1.71. The Morgan fingerprint density at radius 2 is 1.85 bits per heavy atom. The summed E-state index contributed by atoms with van der Waals surface area (Å²) in [4.78, 5) is 14.2. The first kappa shape index (κ1) is 15.8. The molecule has 0 radical (unpaired) electrons. The van der Waals surface area contributed by atoms with Crippen LogP contribution < -0.4 is 5.73 Å². The van der Waals surface area contributed by atoms with Crippen LogP contribution in [0.4, 0.5) is 0 Å². The molecule has 6 heteroatoms. The van der Waals surface area contributed by atoms with Crippen LogP contribution in [0.1, 0.15) is 33.1 Å². The Morgan fingerprint density at radius 1 is 1.25 bits per heavy atom. The van der Waals surface area contributed by atoms with E-state index in [0.29, 0.717) is 37.6 Å². The highest BCUT2D eigenvalue weighted by Gasteiger charge is 2.35. The van der Waals surface area contributed by atoms with Crippen molar-refractivity contribution in [3.63, 3.8) is 0 Å². The van der Waals surface area contributed by atoms with Crippen molar-refractivity contribution >= 4 is 15.7 Å². The molecule has 0 saturated carbocycles. The van der Waals surface area contributed by atoms with Gasteiger partial charge >= 0.3 is 0 Å². The minimum Gasteiger partial charge on any atom is -0.341 e. The molecule has 2 atom stereocenters. The average molecular weight is 302 g/mol. The monoisotopic (exact) mass is 302 g/mol. The van der Waals surface area contributed by atoms with Gasteiger partial charge in [0.05, 0.1) is 11.5 Å². The molecule has 0 aromatic heterocycles. The van der Waals surface area contributed by atoms with Crippen LogP contribution in [0.5, 0.6) is 0 Å². The molecule has 2 heterocycles. The summed E-state index contributed by atoms with van der Waals surface area (Å²) >= 11 is 0. The third kappa shape index (κ3) is 3.73. The topological polar surface area (TPSA) is 80.5 Å². The predicted molar refractivity (Wildman–Crippen MR) is 78.9 cm³/mol. The van der Waals surface area contributed by atoms with Gasteiger partial charge in [0.1, 0.15) is 9.84 Å². The molecule has 2 fully saturated rings. The largest absolute Gasteiger partial charge is 0.341 e. The van der Waals surface area contributed by atoms with Crippen molar-refractivity contribution in [3.05, 3.63) is 0 Å². The number of hydrogen-bond acceptors (Lipinski definition) is 4. The SMILES string of the molecule is CC(C)[C@@H]1CN(C(=O)CC2CCS(=O)(=O)CC2)C[C@H]1N. The fraction of sp³-hybridized carbons (Fsp3) is 0.929. The number of carbonyl (C=O) groups is 1. The smallest absolute Gasteiger partial charge is 0.222 e. The second kappa shape index (κ2) is 6.02. The summed E-state index contributed by atoms with van der Waals surface area (Å²) < 4.78 is 22.8. The van der Waals surface area contributed by atoms with E-state index in [9.17, 15) is 13.2 Å². The fourth-order valence-corrected chi connectivity index (χ4v) is 4.87. The molecule has 2 aliphatic heterocycles. The normalized spacial score (nSPS) is 30.9. The van der Waals surface area contributed by atoms with Crippen molar-refractivity contribution in [1.29, 1.82) is 0 Å². The van der Waals surface area contributed by atoms with Crippen molar-refractivity contribution in [1.82, 2.24) is 4.90 Å². The van der Waals surface area contributed by atoms with Gasteiger partial charge in [0.2, 0.25) is 5.91 Å². The van der Waals surface area contributed by atoms with Gasteiger partial charge in [0, 0.05) is 25.6 Å². The first-order valence-corrected chi connectivity index (χ1v) is 9.34. The Hall–Kier alpha value is -0.620. The average Bonchev–Trinajstić information content (AvgIpc) is 2.74. The molecule has 20 heavy (non-hydrogen) atoms. The lowest BCUT2D eigenvalue weighted by atomic mass is 9.92. The van der Waals surface area contributed by atoms with Gasteiger partial charge in [0.25, 0.3) is 0 Å². The van der Waals surface area contributed by atoms with E-state index in [0.717, 1.165) is 6.54 Å². The van der Waals surface area contributed by atoms with E-state index >= 15 is 0 Å². The Balaban J connectivity index is 1.84. The van der Waals surface area contributed by atoms with Crippen molar-refractivity contribution in [3.8, 4) is 0 Å². The molecule has 1 amide bonds. The summed E-state index contributed by atoms with van der Waals surface area (Å²) in [6.07, 6.45) is 1.73. The lowest BCUT2D eigenvalue weighted by Crippen LogP contribution is -2.34. The summed E-state index contributed by atoms with van der Waals surface area (Å²) in [6, 6.07) is 0.0747. The first-order chi connectivity index (χ1) is 9.28. The van der Waals surface area contributed by atoms with Crippen LogP contribution in [0.3, 0.4) is 0 Å². The van der Waals surface area contributed by atoms with Crippen LogP contribution in [0.25, 0.3) is 0 Å². The summed E-state index contributed by atoms with van der Waals surface area (Å²) in [5, 5.41) is 0. The fourth-order valence-electron chi connectivity index (χ4n) is 3.28. The molecule has 0 aliphatic carbocycles. The molecule has 2 aliphatic rings. The van der Waals surface area contributed by atoms with Gasteiger partial charge in [-0.2, -0.15) is 0 Å². The van der Waals surface area contributed by atoms with Crippen molar-refractivity contribution in [2.75, 3.05) is 24.6 Å². The maximum Gasteiger partial charge on any atom is 0.222 e. The molecule has 0 aromatic carbocycles. The van der Waals surface area contributed by atoms with E-state index in [1.165, 1.54) is 0 Å². The molecular weight excluding hydrogens is 276 g/mol. The minimum atomic E-state index is -2.84. The molecule has 0 spiro atoms. The van der Waals surface area contributed by atoms with Crippen LogP contribution >= 0.6 is 0 Å². The molecule has 0 aromatic rings. The number of carbonyl (C=O) groups excluding carboxylic acids is 1. The highest BCUT2D eigenvalue weighted by atomic mass is 32.2. The van der Waals surface area contributed by atoms with Gasteiger partial charge in [-0.3, -0.25) is 4.79 Å². The van der Waals surface area contributed by atoms with Crippen molar-refractivity contribution < 1.29 is 13.2 Å². The Labute approximate surface area is 121 Å². The van der Waals surface area contributed by atoms with Crippen molar-refractivity contribution in [2.45, 2.75) is 39.2 Å². The van der Waals surface area contributed by atoms with Crippen LogP contribution in [-0.2, 0) is 14.6 Å². The summed E-state index contributed by atoms with van der Waals surface area (Å²) in [7, 11) is -2.84. The second-order valence-electron chi connectivity index (χ2n) is 6.67. The molecule has 116 valence electrons. The Bertz CT molecular complexity index is 447. The quantitative estimate of drug-likeness (QED) is 0.830. The molecule has 2 rings (SSSR count). The van der Waals surface area contributed by atoms with Gasteiger partial charge in [-0.25, -0.2) is 8.42 Å². The van der Waals surface area contributed by atoms with E-state index < -0.39 is 9.84 Å². The van der Waals surface area contributed by atoms with Gasteiger partial charge in [-0.1, -0.05) is 13.8 Å². The summed E-state index contributed by atoms with van der Waals surface area (Å²) in [6.45, 7) is 5.68. The number of hydrogen-bond donors (Lipinski definition) is 1. The zero-order chi connectivity index (χ0) is 14.9. The zero-order valence-corrected chi connectivity index (χ0v) is 13.2. The van der Waals surface area contributed by atoms with Gasteiger partial charge in [-0.15, -0.1) is 0 Å². The number of nitrogens with zero attached hydrogens (tertiary/aromatic N) is 1. The van der Waals surface area contributed by atoms with Crippen molar-refractivity contribution in [2.24, 2.45) is 23.5 Å². The van der Waals surface area contributed by atoms with Crippen LogP contribution in [0.2, 0.25) is 0 Å². The lowest BCUT2D eigenvalue weighted by Gasteiger charge is -2.24. The molecule has 0 unspecified atom stereocenters. The van der Waals surface area contributed by atoms with Crippen LogP contribution in [-0.4, -0.2) is 49.9 Å². The lowest BCUT2D eigenvalue weighted by molar-refractivity contribution is -0.131. The van der Waals surface area contributed by atoms with Crippen LogP contribution in [0.15, 0.2) is 0 Å². The third-order valence-electron chi connectivity index (χ3n) is 4.76. The van der Waals surface area contributed by atoms with E-state index in [-0.39, 0.29) is 29.4 Å². The van der Waals surface area contributed by atoms with E-state index in [4.69, 9.17) is 5.73 Å².